The first-order chi connectivity index (χ1) is 10.3. The molecular formula is C17H30N2O2S. The van der Waals surface area contributed by atoms with Gasteiger partial charge in [0, 0.05) is 6.54 Å². The molecule has 2 fully saturated rings. The third-order valence-electron chi connectivity index (χ3n) is 4.69. The third kappa shape index (κ3) is 5.41. The first kappa shape index (κ1) is 17.5. The van der Waals surface area contributed by atoms with Crippen LogP contribution in [-0.4, -0.2) is 29.3 Å². The van der Waals surface area contributed by atoms with Crippen LogP contribution in [0.4, 0.5) is 4.79 Å². The van der Waals surface area contributed by atoms with Crippen LogP contribution in [-0.2, 0) is 4.74 Å². The Bertz CT molecular complexity index is 400. The van der Waals surface area contributed by atoms with Crippen LogP contribution in [0, 0.1) is 11.8 Å². The molecule has 1 heterocycles. The number of alkyl carbamates (subject to hydrolysis) is 1. The summed E-state index contributed by atoms with van der Waals surface area (Å²) in [6, 6.07) is -0.0987. The number of ether oxygens (including phenoxy) is 1. The Morgan fingerprint density at radius 2 is 1.82 bits per heavy atom. The van der Waals surface area contributed by atoms with Crippen molar-refractivity contribution in [1.29, 1.82) is 0 Å². The molecule has 5 heteroatoms. The fraction of sp³-hybridized carbons (Fsp3) is 0.882. The Labute approximate surface area is 139 Å². The lowest BCUT2D eigenvalue weighted by Crippen LogP contribution is -2.46. The van der Waals surface area contributed by atoms with Gasteiger partial charge in [0.25, 0.3) is 0 Å². The van der Waals surface area contributed by atoms with Crippen LogP contribution in [0.5, 0.6) is 0 Å². The summed E-state index contributed by atoms with van der Waals surface area (Å²) in [5, 5.41) is 6.30. The largest absolute Gasteiger partial charge is 0.444 e. The van der Waals surface area contributed by atoms with E-state index in [9.17, 15) is 4.79 Å². The lowest BCUT2D eigenvalue weighted by atomic mass is 9.78. The molecule has 2 rings (SSSR count). The van der Waals surface area contributed by atoms with Crippen molar-refractivity contribution in [2.45, 2.75) is 77.4 Å². The van der Waals surface area contributed by atoms with Crippen molar-refractivity contribution in [2.24, 2.45) is 11.8 Å². The molecule has 1 aliphatic heterocycles. The molecule has 4 nitrogen and oxygen atoms in total. The number of carbonyl (C=O) groups excluding carboxylic acids is 1. The van der Waals surface area contributed by atoms with Gasteiger partial charge in [0.2, 0.25) is 0 Å². The highest BCUT2D eigenvalue weighted by Crippen LogP contribution is 2.33. The van der Waals surface area contributed by atoms with E-state index in [0.717, 1.165) is 30.3 Å². The Morgan fingerprint density at radius 1 is 1.14 bits per heavy atom. The van der Waals surface area contributed by atoms with Crippen molar-refractivity contribution in [1.82, 2.24) is 10.6 Å². The van der Waals surface area contributed by atoms with E-state index in [1.165, 1.54) is 32.1 Å². The molecule has 0 unspecified atom stereocenters. The summed E-state index contributed by atoms with van der Waals surface area (Å²) in [5.41, 5.74) is -0.478. The number of hydrogen-bond donors (Lipinski definition) is 2. The number of thiocarbonyl (C=S) groups is 1. The number of carbonyl (C=O) groups is 1. The van der Waals surface area contributed by atoms with E-state index >= 15 is 0 Å². The Kier molecular flexibility index (Phi) is 6.07. The Hall–Kier alpha value is -0.840. The maximum Gasteiger partial charge on any atom is 0.408 e. The fourth-order valence-electron chi connectivity index (χ4n) is 3.56. The summed E-state index contributed by atoms with van der Waals surface area (Å²) in [5.74, 6) is 1.51. The lowest BCUT2D eigenvalue weighted by Gasteiger charge is -2.29. The smallest absolute Gasteiger partial charge is 0.408 e. The molecule has 126 valence electrons. The molecule has 2 aliphatic rings. The zero-order chi connectivity index (χ0) is 16.2. The number of rotatable bonds is 2. The zero-order valence-corrected chi connectivity index (χ0v) is 14.9. The van der Waals surface area contributed by atoms with Gasteiger partial charge in [-0.05, 0) is 45.4 Å². The highest BCUT2D eigenvalue weighted by Gasteiger charge is 2.30. The summed E-state index contributed by atoms with van der Waals surface area (Å²) < 4.78 is 5.34. The molecule has 0 radical (unpaired) electrons. The van der Waals surface area contributed by atoms with E-state index in [0.29, 0.717) is 5.92 Å². The molecular weight excluding hydrogens is 296 g/mol. The van der Waals surface area contributed by atoms with Crippen LogP contribution in [0.1, 0.15) is 65.7 Å². The maximum absolute atomic E-state index is 11.9. The molecule has 0 spiro atoms. The minimum absolute atomic E-state index is 0.0987. The van der Waals surface area contributed by atoms with Crippen LogP contribution in [0.15, 0.2) is 0 Å². The van der Waals surface area contributed by atoms with Crippen LogP contribution >= 0.6 is 12.2 Å². The molecule has 0 aromatic carbocycles. The molecule has 2 atom stereocenters. The highest BCUT2D eigenvalue weighted by atomic mass is 32.1. The van der Waals surface area contributed by atoms with Crippen molar-refractivity contribution in [3.63, 3.8) is 0 Å². The summed E-state index contributed by atoms with van der Waals surface area (Å²) >= 11 is 5.45. The second kappa shape index (κ2) is 7.62. The number of amides is 1. The maximum atomic E-state index is 11.9. The molecule has 0 bridgehead atoms. The third-order valence-corrected chi connectivity index (χ3v) is 5.12. The summed E-state index contributed by atoms with van der Waals surface area (Å²) in [4.78, 5) is 12.7. The van der Waals surface area contributed by atoms with Gasteiger partial charge in [0.05, 0.1) is 11.0 Å². The van der Waals surface area contributed by atoms with Crippen molar-refractivity contribution in [3.8, 4) is 0 Å². The van der Waals surface area contributed by atoms with Crippen LogP contribution in [0.3, 0.4) is 0 Å². The lowest BCUT2D eigenvalue weighted by molar-refractivity contribution is 0.0515. The molecule has 0 aromatic rings. The van der Waals surface area contributed by atoms with Gasteiger partial charge < -0.3 is 15.4 Å². The van der Waals surface area contributed by atoms with Crippen LogP contribution < -0.4 is 10.6 Å². The standard InChI is InChI=1S/C17H30N2O2S/c1-17(2,3)21-16(20)19-14-10-9-13(11-18-15(14)22)12-7-5-4-6-8-12/h12-14H,4-11H2,1-3H3,(H,18,22)(H,19,20)/t13-,14-/m1/s1. The number of nitrogens with one attached hydrogen (secondary N) is 2. The second-order valence-electron chi connectivity index (χ2n) is 7.68. The minimum Gasteiger partial charge on any atom is -0.444 e. The molecule has 1 amide bonds. The average Bonchev–Trinajstić information content (AvgIpc) is 2.61. The summed E-state index contributed by atoms with van der Waals surface area (Å²) in [6.07, 6.45) is 8.48. The van der Waals surface area contributed by atoms with Crippen molar-refractivity contribution in [3.05, 3.63) is 0 Å². The van der Waals surface area contributed by atoms with E-state index < -0.39 is 5.60 Å². The SMILES string of the molecule is CC(C)(C)OC(=O)N[C@@H]1CC[C@@H](C2CCCCC2)CNC1=S. The van der Waals surface area contributed by atoms with Crippen LogP contribution in [0.2, 0.25) is 0 Å². The van der Waals surface area contributed by atoms with Gasteiger partial charge >= 0.3 is 6.09 Å². The second-order valence-corrected chi connectivity index (χ2v) is 8.12. The van der Waals surface area contributed by atoms with Gasteiger partial charge in [-0.1, -0.05) is 44.3 Å². The molecule has 1 aliphatic carbocycles. The van der Waals surface area contributed by atoms with Crippen molar-refractivity contribution < 1.29 is 9.53 Å². The zero-order valence-electron chi connectivity index (χ0n) is 14.1. The fourth-order valence-corrected chi connectivity index (χ4v) is 3.82. The van der Waals surface area contributed by atoms with Gasteiger partial charge in [0.15, 0.2) is 0 Å². The van der Waals surface area contributed by atoms with E-state index in [1.54, 1.807) is 0 Å². The van der Waals surface area contributed by atoms with Crippen LogP contribution in [0.25, 0.3) is 0 Å². The van der Waals surface area contributed by atoms with Crippen molar-refractivity contribution in [2.75, 3.05) is 6.54 Å². The predicted molar refractivity (Wildman–Crippen MR) is 93.1 cm³/mol. The van der Waals surface area contributed by atoms with Gasteiger partial charge in [-0.15, -0.1) is 0 Å². The molecule has 1 saturated heterocycles. The van der Waals surface area contributed by atoms with Gasteiger partial charge in [-0.2, -0.15) is 0 Å². The van der Waals surface area contributed by atoms with E-state index in [-0.39, 0.29) is 12.1 Å². The monoisotopic (exact) mass is 326 g/mol. The van der Waals surface area contributed by atoms with E-state index in [4.69, 9.17) is 17.0 Å². The molecule has 1 saturated carbocycles. The normalized spacial score (nSPS) is 27.7. The van der Waals surface area contributed by atoms with E-state index in [1.807, 2.05) is 20.8 Å². The molecule has 0 aromatic heterocycles. The first-order valence-electron chi connectivity index (χ1n) is 8.62. The minimum atomic E-state index is -0.478. The van der Waals surface area contributed by atoms with E-state index in [2.05, 4.69) is 10.6 Å². The summed E-state index contributed by atoms with van der Waals surface area (Å²) in [6.45, 7) is 6.57. The topological polar surface area (TPSA) is 50.4 Å². The van der Waals surface area contributed by atoms with Gasteiger partial charge in [-0.3, -0.25) is 0 Å². The molecule has 22 heavy (non-hydrogen) atoms. The highest BCUT2D eigenvalue weighted by molar-refractivity contribution is 7.80. The van der Waals surface area contributed by atoms with Gasteiger partial charge in [0.1, 0.15) is 5.60 Å². The average molecular weight is 327 g/mol. The first-order valence-corrected chi connectivity index (χ1v) is 9.03. The van der Waals surface area contributed by atoms with Gasteiger partial charge in [-0.25, -0.2) is 4.79 Å². The van der Waals surface area contributed by atoms with Crippen molar-refractivity contribution >= 4 is 23.3 Å². The Balaban J connectivity index is 1.86. The number of hydrogen-bond acceptors (Lipinski definition) is 3. The predicted octanol–water partition coefficient (Wildman–Crippen LogP) is 3.79. The Morgan fingerprint density at radius 3 is 2.45 bits per heavy atom. The quantitative estimate of drug-likeness (QED) is 0.758. The molecule has 2 N–H and O–H groups in total. The summed E-state index contributed by atoms with van der Waals surface area (Å²) in [7, 11) is 0.